The van der Waals surface area contributed by atoms with Gasteiger partial charge in [-0.1, -0.05) is 311 Å². The minimum atomic E-state index is -0.795. The van der Waals surface area contributed by atoms with E-state index in [1.165, 1.54) is 199 Å². The van der Waals surface area contributed by atoms with Crippen molar-refractivity contribution < 1.29 is 28.6 Å². The third-order valence-corrected chi connectivity index (χ3v) is 15.5. The minimum absolute atomic E-state index is 0.0873. The van der Waals surface area contributed by atoms with Crippen LogP contribution in [0.4, 0.5) is 0 Å². The van der Waals surface area contributed by atoms with Crippen LogP contribution in [-0.2, 0) is 28.6 Å². The van der Waals surface area contributed by atoms with E-state index in [4.69, 9.17) is 14.2 Å². The molecule has 0 N–H and O–H groups in total. The van der Waals surface area contributed by atoms with Gasteiger partial charge in [0.15, 0.2) is 6.10 Å². The fourth-order valence-corrected chi connectivity index (χ4v) is 10.2. The molecule has 0 aliphatic rings. The molecule has 0 saturated heterocycles. The fraction of sp³-hybridized carbons (Fsp3) is 0.753. The summed E-state index contributed by atoms with van der Waals surface area (Å²) < 4.78 is 17.0. The zero-order valence-electron chi connectivity index (χ0n) is 54.9. The molecular formula is C77H134O6. The molecule has 478 valence electrons. The quantitative estimate of drug-likeness (QED) is 0.0261. The summed E-state index contributed by atoms with van der Waals surface area (Å²) in [5.41, 5.74) is 0. The summed E-state index contributed by atoms with van der Waals surface area (Å²) in [6.45, 7) is 6.53. The van der Waals surface area contributed by atoms with E-state index < -0.39 is 6.10 Å². The van der Waals surface area contributed by atoms with Gasteiger partial charge in [0, 0.05) is 19.3 Å². The Hall–Kier alpha value is -3.67. The number of hydrogen-bond acceptors (Lipinski definition) is 6. The number of carbonyl (C=O) groups excluding carboxylic acids is 3. The summed E-state index contributed by atoms with van der Waals surface area (Å²) in [6.07, 6.45) is 95.7. The molecule has 0 radical (unpaired) electrons. The molecule has 0 aliphatic carbocycles. The molecule has 6 heteroatoms. The van der Waals surface area contributed by atoms with Crippen molar-refractivity contribution in [3.05, 3.63) is 97.2 Å². The molecule has 0 spiro atoms. The number of hydrogen-bond donors (Lipinski definition) is 0. The standard InChI is InChI=1S/C77H134O6/c1-4-7-10-13-16-19-22-25-28-31-33-35-37-38-40-41-43-46-49-52-55-58-61-64-67-70-76(79)82-73-74(72-81-75(78)69-66-63-60-57-54-51-48-45-30-27-24-21-18-15-12-9-6-3)83-77(80)71-68-65-62-59-56-53-50-47-44-42-39-36-34-32-29-26-23-20-17-14-11-8-5-2/h9,12,18,21,23,26-27,30-34,39,42,48,51,74H,4-8,10-11,13-17,19-20,22,24-25,28-29,35-38,40-41,43-47,49-50,52-73H2,1-3H3/b12-9-,21-18-,26-23-,30-27-,33-31-,34-32-,42-39-,51-48-. The van der Waals surface area contributed by atoms with Gasteiger partial charge in [-0.3, -0.25) is 14.4 Å². The highest BCUT2D eigenvalue weighted by atomic mass is 16.6. The second kappa shape index (κ2) is 70.8. The summed E-state index contributed by atoms with van der Waals surface area (Å²) in [5, 5.41) is 0. The number of rotatable bonds is 65. The summed E-state index contributed by atoms with van der Waals surface area (Å²) in [6, 6.07) is 0. The van der Waals surface area contributed by atoms with Crippen LogP contribution in [0.25, 0.3) is 0 Å². The fourth-order valence-electron chi connectivity index (χ4n) is 10.2. The van der Waals surface area contributed by atoms with E-state index in [1.807, 2.05) is 0 Å². The highest BCUT2D eigenvalue weighted by Crippen LogP contribution is 2.17. The van der Waals surface area contributed by atoms with E-state index in [2.05, 4.69) is 118 Å². The van der Waals surface area contributed by atoms with Crippen LogP contribution in [0.3, 0.4) is 0 Å². The normalized spacial score (nSPS) is 12.7. The lowest BCUT2D eigenvalue weighted by atomic mass is 10.0. The van der Waals surface area contributed by atoms with Gasteiger partial charge in [-0.15, -0.1) is 0 Å². The molecular weight excluding hydrogens is 1020 g/mol. The molecule has 0 aromatic heterocycles. The third-order valence-electron chi connectivity index (χ3n) is 15.5. The molecule has 1 atom stereocenters. The van der Waals surface area contributed by atoms with Crippen molar-refractivity contribution >= 4 is 17.9 Å². The van der Waals surface area contributed by atoms with Crippen LogP contribution in [-0.4, -0.2) is 37.2 Å². The Morgan fingerprint density at radius 3 is 0.747 bits per heavy atom. The van der Waals surface area contributed by atoms with E-state index in [-0.39, 0.29) is 31.1 Å². The predicted octanol–water partition coefficient (Wildman–Crippen LogP) is 24.8. The Balaban J connectivity index is 4.38. The van der Waals surface area contributed by atoms with Crippen molar-refractivity contribution in [2.75, 3.05) is 13.2 Å². The van der Waals surface area contributed by atoms with Crippen LogP contribution in [0.1, 0.15) is 355 Å². The third kappa shape index (κ3) is 69.0. The number of unbranched alkanes of at least 4 members (excludes halogenated alkanes) is 38. The van der Waals surface area contributed by atoms with E-state index in [0.717, 1.165) is 116 Å². The summed E-state index contributed by atoms with van der Waals surface area (Å²) >= 11 is 0. The monoisotopic (exact) mass is 1160 g/mol. The van der Waals surface area contributed by atoms with E-state index in [1.54, 1.807) is 0 Å². The topological polar surface area (TPSA) is 78.9 Å². The molecule has 0 rings (SSSR count). The number of allylic oxidation sites excluding steroid dienone is 16. The first-order chi connectivity index (χ1) is 41.0. The van der Waals surface area contributed by atoms with Crippen LogP contribution < -0.4 is 0 Å². The zero-order valence-corrected chi connectivity index (χ0v) is 54.9. The zero-order chi connectivity index (χ0) is 59.9. The van der Waals surface area contributed by atoms with Crippen LogP contribution in [0.2, 0.25) is 0 Å². The molecule has 0 amide bonds. The van der Waals surface area contributed by atoms with Gasteiger partial charge in [-0.05, 0) is 122 Å². The Morgan fingerprint density at radius 1 is 0.253 bits per heavy atom. The highest BCUT2D eigenvalue weighted by molar-refractivity contribution is 5.71. The lowest BCUT2D eigenvalue weighted by Crippen LogP contribution is -2.30. The molecule has 0 fully saturated rings. The summed E-state index contributed by atoms with van der Waals surface area (Å²) in [4.78, 5) is 38.5. The SMILES string of the molecule is CC/C=C\C/C=C\C/C=C\C/C=C\CCCCCCC(=O)OCC(COC(=O)CCCCCCCCCCCCCCC/C=C\CCCCCCCCCC)OC(=O)CCCCCCCCCC/C=C\C/C=C\C/C=C\CCCCCCC. The number of carbonyl (C=O) groups is 3. The van der Waals surface area contributed by atoms with Gasteiger partial charge in [0.25, 0.3) is 0 Å². The Labute approximate surface area is 515 Å². The lowest BCUT2D eigenvalue weighted by molar-refractivity contribution is -0.167. The second-order valence-electron chi connectivity index (χ2n) is 23.8. The minimum Gasteiger partial charge on any atom is -0.462 e. The summed E-state index contributed by atoms with van der Waals surface area (Å²) in [7, 11) is 0. The van der Waals surface area contributed by atoms with Gasteiger partial charge in [0.05, 0.1) is 0 Å². The molecule has 0 aromatic carbocycles. The van der Waals surface area contributed by atoms with Crippen molar-refractivity contribution in [1.82, 2.24) is 0 Å². The van der Waals surface area contributed by atoms with Crippen molar-refractivity contribution in [1.29, 1.82) is 0 Å². The number of esters is 3. The first-order valence-electron chi connectivity index (χ1n) is 35.7. The Bertz CT molecular complexity index is 1610. The van der Waals surface area contributed by atoms with Crippen molar-refractivity contribution in [2.45, 2.75) is 361 Å². The van der Waals surface area contributed by atoms with Crippen LogP contribution >= 0.6 is 0 Å². The molecule has 83 heavy (non-hydrogen) atoms. The molecule has 1 unspecified atom stereocenters. The second-order valence-corrected chi connectivity index (χ2v) is 23.8. The molecule has 6 nitrogen and oxygen atoms in total. The molecule has 0 heterocycles. The smallest absolute Gasteiger partial charge is 0.306 e. The summed E-state index contributed by atoms with van der Waals surface area (Å²) in [5.74, 6) is -0.904. The van der Waals surface area contributed by atoms with Crippen LogP contribution in [0.15, 0.2) is 97.2 Å². The Kier molecular flexibility index (Phi) is 67.7. The largest absolute Gasteiger partial charge is 0.462 e. The van der Waals surface area contributed by atoms with Gasteiger partial charge in [0.2, 0.25) is 0 Å². The first kappa shape index (κ1) is 79.3. The van der Waals surface area contributed by atoms with Gasteiger partial charge >= 0.3 is 17.9 Å². The van der Waals surface area contributed by atoms with Crippen molar-refractivity contribution in [2.24, 2.45) is 0 Å². The van der Waals surface area contributed by atoms with Crippen LogP contribution in [0.5, 0.6) is 0 Å². The van der Waals surface area contributed by atoms with Gasteiger partial charge in [0.1, 0.15) is 13.2 Å². The average molecular weight is 1160 g/mol. The average Bonchev–Trinajstić information content (AvgIpc) is 3.49. The van der Waals surface area contributed by atoms with Gasteiger partial charge in [-0.25, -0.2) is 0 Å². The lowest BCUT2D eigenvalue weighted by Gasteiger charge is -2.18. The van der Waals surface area contributed by atoms with Gasteiger partial charge in [-0.2, -0.15) is 0 Å². The predicted molar refractivity (Wildman–Crippen MR) is 362 cm³/mol. The maximum atomic E-state index is 13.0. The van der Waals surface area contributed by atoms with E-state index in [0.29, 0.717) is 19.3 Å². The molecule has 0 bridgehead atoms. The molecule has 0 aromatic rings. The Morgan fingerprint density at radius 2 is 0.470 bits per heavy atom. The van der Waals surface area contributed by atoms with Crippen LogP contribution in [0, 0.1) is 0 Å². The maximum Gasteiger partial charge on any atom is 0.306 e. The molecule has 0 saturated carbocycles. The van der Waals surface area contributed by atoms with E-state index >= 15 is 0 Å². The van der Waals surface area contributed by atoms with Crippen molar-refractivity contribution in [3.8, 4) is 0 Å². The first-order valence-corrected chi connectivity index (χ1v) is 35.7. The van der Waals surface area contributed by atoms with Crippen molar-refractivity contribution in [3.63, 3.8) is 0 Å². The molecule has 0 aliphatic heterocycles. The van der Waals surface area contributed by atoms with E-state index in [9.17, 15) is 14.4 Å². The number of ether oxygens (including phenoxy) is 3. The maximum absolute atomic E-state index is 13.0. The van der Waals surface area contributed by atoms with Gasteiger partial charge < -0.3 is 14.2 Å². The highest BCUT2D eigenvalue weighted by Gasteiger charge is 2.19.